The van der Waals surface area contributed by atoms with Gasteiger partial charge in [-0.05, 0) is 23.9 Å². The van der Waals surface area contributed by atoms with Crippen molar-refractivity contribution in [3.8, 4) is 6.07 Å². The third kappa shape index (κ3) is 3.46. The minimum atomic E-state index is 0.271. The van der Waals surface area contributed by atoms with E-state index in [0.29, 0.717) is 18.7 Å². The molecule has 0 bridgehead atoms. The topological polar surface area (TPSA) is 66.0 Å². The Labute approximate surface area is 108 Å². The van der Waals surface area contributed by atoms with Crippen molar-refractivity contribution in [3.05, 3.63) is 5.89 Å². The predicted octanol–water partition coefficient (Wildman–Crippen LogP) is 2.54. The highest BCUT2D eigenvalue weighted by Gasteiger charge is 2.17. The maximum absolute atomic E-state index is 8.63. The third-order valence-electron chi connectivity index (χ3n) is 3.31. The summed E-state index contributed by atoms with van der Waals surface area (Å²) in [5.74, 6) is 1.64. The van der Waals surface area contributed by atoms with Crippen LogP contribution in [0.15, 0.2) is 4.52 Å². The summed E-state index contributed by atoms with van der Waals surface area (Å²) >= 11 is 0. The maximum atomic E-state index is 8.63. The Morgan fingerprint density at radius 2 is 2.06 bits per heavy atom. The fourth-order valence-electron chi connectivity index (χ4n) is 2.25. The molecule has 0 aliphatic carbocycles. The Morgan fingerprint density at radius 1 is 1.33 bits per heavy atom. The van der Waals surface area contributed by atoms with Gasteiger partial charge in [-0.2, -0.15) is 10.2 Å². The van der Waals surface area contributed by atoms with E-state index < -0.39 is 0 Å². The zero-order valence-corrected chi connectivity index (χ0v) is 10.9. The molecule has 1 saturated heterocycles. The number of nitrogens with zero attached hydrogens (tertiary/aromatic N) is 4. The molecule has 1 aliphatic heterocycles. The second-order valence-electron chi connectivity index (χ2n) is 5.06. The number of anilines is 1. The highest BCUT2D eigenvalue weighted by molar-refractivity contribution is 5.27. The lowest BCUT2D eigenvalue weighted by Crippen LogP contribution is -2.25. The van der Waals surface area contributed by atoms with Gasteiger partial charge in [-0.1, -0.05) is 19.8 Å². The molecule has 0 spiro atoms. The second-order valence-corrected chi connectivity index (χ2v) is 5.06. The van der Waals surface area contributed by atoms with Crippen LogP contribution in [-0.2, 0) is 6.42 Å². The van der Waals surface area contributed by atoms with Crippen LogP contribution in [0.3, 0.4) is 0 Å². The first-order chi connectivity index (χ1) is 8.79. The number of hydrogen-bond donors (Lipinski definition) is 0. The number of nitriles is 1. The van der Waals surface area contributed by atoms with Crippen molar-refractivity contribution in [2.45, 2.75) is 45.4 Å². The van der Waals surface area contributed by atoms with Gasteiger partial charge in [0.2, 0.25) is 5.89 Å². The molecule has 1 fully saturated rings. The largest absolute Gasteiger partial charge is 0.338 e. The molecule has 1 aromatic heterocycles. The number of hydrogen-bond acceptors (Lipinski definition) is 5. The van der Waals surface area contributed by atoms with E-state index in [9.17, 15) is 0 Å². The Bertz CT molecular complexity index is 401. The molecular formula is C13H20N4O. The second kappa shape index (κ2) is 6.39. The van der Waals surface area contributed by atoms with Gasteiger partial charge in [0.1, 0.15) is 0 Å². The fourth-order valence-corrected chi connectivity index (χ4v) is 2.25. The van der Waals surface area contributed by atoms with Crippen LogP contribution in [0.5, 0.6) is 0 Å². The van der Waals surface area contributed by atoms with Crippen molar-refractivity contribution in [3.63, 3.8) is 0 Å². The molecule has 98 valence electrons. The highest BCUT2D eigenvalue weighted by atomic mass is 16.5. The van der Waals surface area contributed by atoms with Gasteiger partial charge in [-0.3, -0.25) is 0 Å². The lowest BCUT2D eigenvalue weighted by atomic mass is 10.1. The van der Waals surface area contributed by atoms with Crippen LogP contribution in [0.4, 0.5) is 5.95 Å². The van der Waals surface area contributed by atoms with Gasteiger partial charge in [0.15, 0.2) is 0 Å². The molecule has 2 rings (SSSR count). The first kappa shape index (κ1) is 12.9. The van der Waals surface area contributed by atoms with Crippen LogP contribution in [-0.4, -0.2) is 23.2 Å². The monoisotopic (exact) mass is 248 g/mol. The van der Waals surface area contributed by atoms with E-state index in [1.165, 1.54) is 25.7 Å². The summed E-state index contributed by atoms with van der Waals surface area (Å²) in [6, 6.07) is 2.17. The Kier molecular flexibility index (Phi) is 4.57. The molecule has 2 heterocycles. The zero-order valence-electron chi connectivity index (χ0n) is 10.9. The zero-order chi connectivity index (χ0) is 12.8. The molecule has 5 nitrogen and oxygen atoms in total. The van der Waals surface area contributed by atoms with Crippen molar-refractivity contribution in [2.24, 2.45) is 5.92 Å². The Balaban J connectivity index is 1.94. The van der Waals surface area contributed by atoms with Gasteiger partial charge in [0.05, 0.1) is 6.07 Å². The first-order valence-corrected chi connectivity index (χ1v) is 6.74. The summed E-state index contributed by atoms with van der Waals surface area (Å²) in [6.07, 6.45) is 6.21. The normalized spacial score (nSPS) is 18.1. The Morgan fingerprint density at radius 3 is 2.72 bits per heavy atom. The summed E-state index contributed by atoms with van der Waals surface area (Å²) in [7, 11) is 0. The highest BCUT2D eigenvalue weighted by Crippen LogP contribution is 2.18. The predicted molar refractivity (Wildman–Crippen MR) is 68.1 cm³/mol. The summed E-state index contributed by atoms with van der Waals surface area (Å²) in [4.78, 5) is 6.64. The minimum Gasteiger partial charge on any atom is -0.338 e. The van der Waals surface area contributed by atoms with Crippen molar-refractivity contribution in [2.75, 3.05) is 18.0 Å². The van der Waals surface area contributed by atoms with Crippen molar-refractivity contribution in [1.29, 1.82) is 5.26 Å². The third-order valence-corrected chi connectivity index (χ3v) is 3.31. The van der Waals surface area contributed by atoms with Crippen LogP contribution < -0.4 is 4.90 Å². The first-order valence-electron chi connectivity index (χ1n) is 6.74. The van der Waals surface area contributed by atoms with E-state index in [1.807, 2.05) is 6.92 Å². The van der Waals surface area contributed by atoms with E-state index >= 15 is 0 Å². The molecule has 0 amide bonds. The molecule has 18 heavy (non-hydrogen) atoms. The van der Waals surface area contributed by atoms with Gasteiger partial charge in [-0.25, -0.2) is 0 Å². The Hall–Kier alpha value is -1.57. The molecule has 1 atom stereocenters. The lowest BCUT2D eigenvalue weighted by Gasteiger charge is -2.16. The molecule has 0 saturated carbocycles. The van der Waals surface area contributed by atoms with Gasteiger partial charge in [0.25, 0.3) is 5.95 Å². The van der Waals surface area contributed by atoms with E-state index in [1.54, 1.807) is 0 Å². The SMILES string of the molecule is CC(CC#N)Cc1nc(N2CCCCCC2)no1. The summed E-state index contributed by atoms with van der Waals surface area (Å²) in [6.45, 7) is 4.07. The smallest absolute Gasteiger partial charge is 0.266 e. The van der Waals surface area contributed by atoms with Crippen LogP contribution in [0.2, 0.25) is 0 Å². The van der Waals surface area contributed by atoms with Gasteiger partial charge < -0.3 is 9.42 Å². The summed E-state index contributed by atoms with van der Waals surface area (Å²) < 4.78 is 5.26. The van der Waals surface area contributed by atoms with E-state index in [2.05, 4.69) is 21.1 Å². The quantitative estimate of drug-likeness (QED) is 0.819. The lowest BCUT2D eigenvalue weighted by molar-refractivity contribution is 0.358. The standard InChI is InChI=1S/C13H20N4O/c1-11(6-7-14)10-12-15-13(16-18-12)17-8-4-2-3-5-9-17/h11H,2-6,8-10H2,1H3. The maximum Gasteiger partial charge on any atom is 0.266 e. The van der Waals surface area contributed by atoms with Crippen LogP contribution in [0.25, 0.3) is 0 Å². The molecular weight excluding hydrogens is 228 g/mol. The van der Waals surface area contributed by atoms with Gasteiger partial charge in [-0.15, -0.1) is 0 Å². The average Bonchev–Trinajstić information content (AvgIpc) is 2.64. The number of rotatable bonds is 4. The van der Waals surface area contributed by atoms with E-state index in [-0.39, 0.29) is 5.92 Å². The van der Waals surface area contributed by atoms with E-state index in [0.717, 1.165) is 19.0 Å². The molecule has 1 aromatic rings. The van der Waals surface area contributed by atoms with Gasteiger partial charge >= 0.3 is 0 Å². The fraction of sp³-hybridized carbons (Fsp3) is 0.769. The minimum absolute atomic E-state index is 0.271. The molecule has 1 aliphatic rings. The van der Waals surface area contributed by atoms with Gasteiger partial charge in [0, 0.05) is 25.9 Å². The van der Waals surface area contributed by atoms with Crippen molar-refractivity contribution < 1.29 is 4.52 Å². The van der Waals surface area contributed by atoms with Crippen LogP contribution in [0, 0.1) is 17.2 Å². The summed E-state index contributed by atoms with van der Waals surface area (Å²) in [5, 5.41) is 12.7. The summed E-state index contributed by atoms with van der Waals surface area (Å²) in [5.41, 5.74) is 0. The average molecular weight is 248 g/mol. The van der Waals surface area contributed by atoms with E-state index in [4.69, 9.17) is 9.78 Å². The molecule has 0 N–H and O–H groups in total. The molecule has 0 aromatic carbocycles. The molecule has 5 heteroatoms. The number of aromatic nitrogens is 2. The molecule has 1 unspecified atom stereocenters. The van der Waals surface area contributed by atoms with Crippen LogP contribution >= 0.6 is 0 Å². The van der Waals surface area contributed by atoms with Crippen molar-refractivity contribution >= 4 is 5.95 Å². The van der Waals surface area contributed by atoms with Crippen molar-refractivity contribution in [1.82, 2.24) is 10.1 Å². The van der Waals surface area contributed by atoms with Crippen LogP contribution in [0.1, 0.15) is 44.9 Å². The molecule has 0 radical (unpaired) electrons.